The summed E-state index contributed by atoms with van der Waals surface area (Å²) in [6, 6.07) is 11.9. The molecule has 25 heavy (non-hydrogen) atoms. The van der Waals surface area contributed by atoms with Gasteiger partial charge in [0.2, 0.25) is 11.8 Å². The van der Waals surface area contributed by atoms with Crippen molar-refractivity contribution in [2.24, 2.45) is 0 Å². The lowest BCUT2D eigenvalue weighted by Gasteiger charge is -2.11. The zero-order valence-electron chi connectivity index (χ0n) is 15.1. The van der Waals surface area contributed by atoms with Gasteiger partial charge in [-0.25, -0.2) is 0 Å². The lowest BCUT2D eigenvalue weighted by Crippen LogP contribution is -2.32. The monoisotopic (exact) mass is 336 g/mol. The molecule has 0 atom stereocenters. The fraction of sp³-hybridized carbons (Fsp3) is 0.238. The molecule has 4 nitrogen and oxygen atoms in total. The highest BCUT2D eigenvalue weighted by atomic mass is 16.2. The molecule has 4 heteroatoms. The first-order chi connectivity index (χ1) is 11.9. The molecule has 0 aliphatic heterocycles. The van der Waals surface area contributed by atoms with Gasteiger partial charge in [0.1, 0.15) is 0 Å². The summed E-state index contributed by atoms with van der Waals surface area (Å²) >= 11 is 0. The number of hydrogen-bond donors (Lipinski definition) is 2. The molecule has 0 aliphatic rings. The first-order valence-corrected chi connectivity index (χ1v) is 8.26. The van der Waals surface area contributed by atoms with E-state index in [1.54, 1.807) is 6.08 Å². The van der Waals surface area contributed by atoms with Crippen molar-refractivity contribution in [1.82, 2.24) is 5.32 Å². The summed E-state index contributed by atoms with van der Waals surface area (Å²) in [7, 11) is 0. The Morgan fingerprint density at radius 1 is 0.960 bits per heavy atom. The van der Waals surface area contributed by atoms with Crippen molar-refractivity contribution in [3.63, 3.8) is 0 Å². The van der Waals surface area contributed by atoms with Crippen LogP contribution in [0, 0.1) is 27.7 Å². The van der Waals surface area contributed by atoms with Crippen molar-refractivity contribution in [1.29, 1.82) is 0 Å². The first kappa shape index (κ1) is 18.5. The Balaban J connectivity index is 1.89. The minimum Gasteiger partial charge on any atom is -0.343 e. The largest absolute Gasteiger partial charge is 0.343 e. The molecule has 0 fully saturated rings. The van der Waals surface area contributed by atoms with Gasteiger partial charge in [-0.15, -0.1) is 0 Å². The summed E-state index contributed by atoms with van der Waals surface area (Å²) < 4.78 is 0. The van der Waals surface area contributed by atoms with E-state index in [4.69, 9.17) is 0 Å². The van der Waals surface area contributed by atoms with E-state index in [9.17, 15) is 9.59 Å². The van der Waals surface area contributed by atoms with Gasteiger partial charge in [0.05, 0.1) is 6.54 Å². The molecule has 0 radical (unpaired) electrons. The number of rotatable bonds is 5. The number of para-hydroxylation sites is 1. The highest BCUT2D eigenvalue weighted by Gasteiger charge is 2.08. The number of carbonyl (C=O) groups is 2. The maximum atomic E-state index is 12.0. The van der Waals surface area contributed by atoms with Gasteiger partial charge in [0.25, 0.3) is 0 Å². The summed E-state index contributed by atoms with van der Waals surface area (Å²) in [5.74, 6) is -0.540. The third kappa shape index (κ3) is 5.31. The second kappa shape index (κ2) is 8.29. The Kier molecular flexibility index (Phi) is 6.12. The Hall–Kier alpha value is -2.88. The average Bonchev–Trinajstić information content (AvgIpc) is 2.55. The number of carbonyl (C=O) groups excluding carboxylic acids is 2. The quantitative estimate of drug-likeness (QED) is 0.818. The molecule has 0 bridgehead atoms. The van der Waals surface area contributed by atoms with Crippen LogP contribution in [0.2, 0.25) is 0 Å². The predicted octanol–water partition coefficient (Wildman–Crippen LogP) is 3.69. The van der Waals surface area contributed by atoms with Crippen LogP contribution in [0.1, 0.15) is 27.8 Å². The van der Waals surface area contributed by atoms with Gasteiger partial charge in [0, 0.05) is 11.8 Å². The van der Waals surface area contributed by atoms with Crippen LogP contribution >= 0.6 is 0 Å². The summed E-state index contributed by atoms with van der Waals surface area (Å²) in [5.41, 5.74) is 6.07. The van der Waals surface area contributed by atoms with Crippen LogP contribution in [0.3, 0.4) is 0 Å². The average molecular weight is 336 g/mol. The van der Waals surface area contributed by atoms with Crippen LogP contribution in [0.25, 0.3) is 6.08 Å². The minimum atomic E-state index is -0.295. The van der Waals surface area contributed by atoms with E-state index in [0.717, 1.165) is 27.9 Å². The third-order valence-electron chi connectivity index (χ3n) is 4.01. The van der Waals surface area contributed by atoms with Crippen LogP contribution in [0.5, 0.6) is 0 Å². The molecule has 0 aromatic heterocycles. The molecule has 0 saturated heterocycles. The number of amides is 2. The first-order valence-electron chi connectivity index (χ1n) is 8.26. The molecular formula is C21H24N2O2. The molecule has 0 aliphatic carbocycles. The Morgan fingerprint density at radius 3 is 2.28 bits per heavy atom. The highest BCUT2D eigenvalue weighted by molar-refractivity contribution is 5.98. The molecule has 130 valence electrons. The summed E-state index contributed by atoms with van der Waals surface area (Å²) in [6.07, 6.45) is 3.21. The summed E-state index contributed by atoms with van der Waals surface area (Å²) in [4.78, 5) is 23.9. The van der Waals surface area contributed by atoms with Crippen molar-refractivity contribution in [3.05, 3.63) is 70.3 Å². The second-order valence-electron chi connectivity index (χ2n) is 6.23. The smallest absolute Gasteiger partial charge is 0.244 e. The van der Waals surface area contributed by atoms with Crippen LogP contribution in [0.15, 0.2) is 42.5 Å². The molecule has 2 N–H and O–H groups in total. The lowest BCUT2D eigenvalue weighted by molar-refractivity contribution is -0.121. The number of benzene rings is 2. The zero-order chi connectivity index (χ0) is 18.4. The van der Waals surface area contributed by atoms with Gasteiger partial charge < -0.3 is 10.6 Å². The zero-order valence-corrected chi connectivity index (χ0v) is 15.1. The van der Waals surface area contributed by atoms with E-state index in [1.165, 1.54) is 11.6 Å². The van der Waals surface area contributed by atoms with Crippen molar-refractivity contribution in [3.8, 4) is 0 Å². The highest BCUT2D eigenvalue weighted by Crippen LogP contribution is 2.19. The lowest BCUT2D eigenvalue weighted by atomic mass is 10.1. The molecule has 2 aromatic carbocycles. The second-order valence-corrected chi connectivity index (χ2v) is 6.23. The summed E-state index contributed by atoms with van der Waals surface area (Å²) in [6.45, 7) is 7.84. The SMILES string of the molecule is Cc1ccc(/C=C\C(=O)NCC(=O)Nc2c(C)cccc2C)c(C)c1. The molecular weight excluding hydrogens is 312 g/mol. The van der Waals surface area contributed by atoms with Gasteiger partial charge >= 0.3 is 0 Å². The van der Waals surface area contributed by atoms with E-state index in [-0.39, 0.29) is 18.4 Å². The Labute approximate surface area is 149 Å². The van der Waals surface area contributed by atoms with Crippen molar-refractivity contribution < 1.29 is 9.59 Å². The number of hydrogen-bond acceptors (Lipinski definition) is 2. The van der Waals surface area contributed by atoms with Crippen molar-refractivity contribution >= 4 is 23.6 Å². The molecule has 2 aromatic rings. The van der Waals surface area contributed by atoms with Crippen molar-refractivity contribution in [2.45, 2.75) is 27.7 Å². The Morgan fingerprint density at radius 2 is 1.64 bits per heavy atom. The van der Waals surface area contributed by atoms with Crippen molar-refractivity contribution in [2.75, 3.05) is 11.9 Å². The number of anilines is 1. The maximum absolute atomic E-state index is 12.0. The number of aryl methyl sites for hydroxylation is 4. The van der Waals surface area contributed by atoms with E-state index in [2.05, 4.69) is 16.7 Å². The fourth-order valence-corrected chi connectivity index (χ4v) is 2.60. The molecule has 0 unspecified atom stereocenters. The molecule has 0 saturated carbocycles. The topological polar surface area (TPSA) is 58.2 Å². The van der Waals surface area contributed by atoms with Gasteiger partial charge in [-0.05, 0) is 56.0 Å². The van der Waals surface area contributed by atoms with Gasteiger partial charge in [-0.3, -0.25) is 9.59 Å². The maximum Gasteiger partial charge on any atom is 0.244 e. The number of nitrogens with one attached hydrogen (secondary N) is 2. The predicted molar refractivity (Wildman–Crippen MR) is 103 cm³/mol. The molecule has 0 heterocycles. The van der Waals surface area contributed by atoms with Gasteiger partial charge in [0.15, 0.2) is 0 Å². The van der Waals surface area contributed by atoms with Crippen LogP contribution < -0.4 is 10.6 Å². The van der Waals surface area contributed by atoms with E-state index in [1.807, 2.05) is 58.0 Å². The third-order valence-corrected chi connectivity index (χ3v) is 4.01. The normalized spacial score (nSPS) is 10.7. The van der Waals surface area contributed by atoms with Crippen LogP contribution in [0.4, 0.5) is 5.69 Å². The summed E-state index contributed by atoms with van der Waals surface area (Å²) in [5, 5.41) is 5.45. The van der Waals surface area contributed by atoms with Gasteiger partial charge in [-0.2, -0.15) is 0 Å². The standard InChI is InChI=1S/C21H24N2O2/c1-14-8-9-18(17(4)12-14)10-11-19(24)22-13-20(25)23-21-15(2)6-5-7-16(21)3/h5-12H,13H2,1-4H3,(H,22,24)(H,23,25)/b11-10-. The van der Waals surface area contributed by atoms with Crippen LogP contribution in [-0.4, -0.2) is 18.4 Å². The fourth-order valence-electron chi connectivity index (χ4n) is 2.60. The van der Waals surface area contributed by atoms with E-state index < -0.39 is 0 Å². The van der Waals surface area contributed by atoms with Gasteiger partial charge in [-0.1, -0.05) is 42.0 Å². The molecule has 2 amide bonds. The molecule has 2 rings (SSSR count). The Bertz CT molecular complexity index is 802. The molecule has 0 spiro atoms. The van der Waals surface area contributed by atoms with Crippen LogP contribution in [-0.2, 0) is 9.59 Å². The minimum absolute atomic E-state index is 0.0656. The van der Waals surface area contributed by atoms with E-state index >= 15 is 0 Å². The van der Waals surface area contributed by atoms with E-state index in [0.29, 0.717) is 0 Å².